The molecular weight excluding hydrogens is 261 g/mol. The third-order valence-corrected chi connectivity index (χ3v) is 2.65. The van der Waals surface area contributed by atoms with Crippen LogP contribution in [0.4, 0.5) is 0 Å². The molecule has 1 amide bonds. The van der Waals surface area contributed by atoms with E-state index < -0.39 is 0 Å². The lowest BCUT2D eigenvalue weighted by atomic mass is 10.3. The van der Waals surface area contributed by atoms with E-state index in [1.54, 1.807) is 12.1 Å². The Hall–Kier alpha value is -0.840. The van der Waals surface area contributed by atoms with Gasteiger partial charge in [-0.05, 0) is 26.1 Å². The Labute approximate surface area is 111 Å². The topological polar surface area (TPSA) is 45.2 Å². The van der Waals surface area contributed by atoms with Crippen molar-refractivity contribution in [3.8, 4) is 0 Å². The fourth-order valence-electron chi connectivity index (χ4n) is 1.38. The summed E-state index contributed by atoms with van der Waals surface area (Å²) >= 11 is 11.8. The predicted octanol–water partition coefficient (Wildman–Crippen LogP) is 1.96. The van der Waals surface area contributed by atoms with Crippen molar-refractivity contribution in [3.63, 3.8) is 0 Å². The molecular formula is C11H15Cl2N3O. The fourth-order valence-corrected chi connectivity index (χ4v) is 1.71. The summed E-state index contributed by atoms with van der Waals surface area (Å²) in [6, 6.07) is 3.34. The Morgan fingerprint density at radius 1 is 1.47 bits per heavy atom. The molecule has 0 aliphatic heterocycles. The number of carbonyl (C=O) groups is 1. The normalized spacial score (nSPS) is 10.6. The number of halogens is 2. The number of aromatic nitrogens is 1. The van der Waals surface area contributed by atoms with Crippen LogP contribution in [0.3, 0.4) is 0 Å². The molecule has 0 aromatic carbocycles. The van der Waals surface area contributed by atoms with Gasteiger partial charge in [0.05, 0.1) is 17.3 Å². The van der Waals surface area contributed by atoms with Crippen molar-refractivity contribution >= 4 is 29.1 Å². The molecule has 94 valence electrons. The van der Waals surface area contributed by atoms with Gasteiger partial charge in [-0.1, -0.05) is 23.2 Å². The summed E-state index contributed by atoms with van der Waals surface area (Å²) in [5.41, 5.74) is 0.672. The van der Waals surface area contributed by atoms with E-state index in [4.69, 9.17) is 23.2 Å². The maximum absolute atomic E-state index is 11.4. The lowest BCUT2D eigenvalue weighted by Crippen LogP contribution is -2.34. The summed E-state index contributed by atoms with van der Waals surface area (Å²) in [4.78, 5) is 17.3. The number of nitrogens with zero attached hydrogens (tertiary/aromatic N) is 2. The molecule has 1 aromatic heterocycles. The average Bonchev–Trinajstić information content (AvgIpc) is 2.23. The van der Waals surface area contributed by atoms with Gasteiger partial charge in [0.25, 0.3) is 0 Å². The summed E-state index contributed by atoms with van der Waals surface area (Å²) in [5.74, 6) is -0.0202. The highest BCUT2D eigenvalue weighted by Gasteiger charge is 2.09. The minimum atomic E-state index is -0.0202. The second-order valence-corrected chi connectivity index (χ2v) is 4.48. The van der Waals surface area contributed by atoms with Gasteiger partial charge in [-0.2, -0.15) is 0 Å². The maximum Gasteiger partial charge on any atom is 0.234 e. The van der Waals surface area contributed by atoms with Gasteiger partial charge in [0, 0.05) is 13.1 Å². The molecule has 0 fully saturated rings. The van der Waals surface area contributed by atoms with Crippen molar-refractivity contribution < 1.29 is 4.79 Å². The first-order chi connectivity index (χ1) is 8.02. The van der Waals surface area contributed by atoms with Crippen molar-refractivity contribution in [1.82, 2.24) is 15.2 Å². The Balaban J connectivity index is 2.58. The van der Waals surface area contributed by atoms with E-state index >= 15 is 0 Å². The number of nitrogens with one attached hydrogen (secondary N) is 1. The van der Waals surface area contributed by atoms with Crippen LogP contribution in [0.5, 0.6) is 0 Å². The molecule has 1 aromatic rings. The summed E-state index contributed by atoms with van der Waals surface area (Å²) in [7, 11) is 1.83. The molecule has 0 saturated heterocycles. The zero-order valence-corrected chi connectivity index (χ0v) is 11.3. The van der Waals surface area contributed by atoms with Gasteiger partial charge in [-0.3, -0.25) is 9.69 Å². The number of pyridine rings is 1. The van der Waals surface area contributed by atoms with Crippen LogP contribution in [0.15, 0.2) is 12.1 Å². The molecule has 1 N–H and O–H groups in total. The Morgan fingerprint density at radius 3 is 2.82 bits per heavy atom. The first-order valence-corrected chi connectivity index (χ1v) is 6.04. The van der Waals surface area contributed by atoms with Crippen LogP contribution in [0.1, 0.15) is 12.6 Å². The van der Waals surface area contributed by atoms with Crippen LogP contribution in [-0.4, -0.2) is 35.9 Å². The van der Waals surface area contributed by atoms with Crippen LogP contribution in [-0.2, 0) is 11.3 Å². The monoisotopic (exact) mass is 275 g/mol. The largest absolute Gasteiger partial charge is 0.355 e. The molecule has 0 atom stereocenters. The Kier molecular flexibility index (Phi) is 5.68. The van der Waals surface area contributed by atoms with E-state index in [-0.39, 0.29) is 5.91 Å². The van der Waals surface area contributed by atoms with Crippen molar-refractivity contribution in [2.75, 3.05) is 20.1 Å². The second kappa shape index (κ2) is 6.79. The molecule has 0 spiro atoms. The van der Waals surface area contributed by atoms with Gasteiger partial charge in [0.2, 0.25) is 5.91 Å². The van der Waals surface area contributed by atoms with Crippen LogP contribution >= 0.6 is 23.2 Å². The third-order valence-electron chi connectivity index (χ3n) is 2.09. The second-order valence-electron chi connectivity index (χ2n) is 3.69. The highest BCUT2D eigenvalue weighted by molar-refractivity contribution is 6.32. The highest BCUT2D eigenvalue weighted by atomic mass is 35.5. The van der Waals surface area contributed by atoms with E-state index in [1.807, 2.05) is 18.9 Å². The van der Waals surface area contributed by atoms with Crippen LogP contribution in [0, 0.1) is 0 Å². The number of likely N-dealkylation sites (N-methyl/N-ethyl adjacent to an activating group) is 2. The number of amides is 1. The molecule has 0 aliphatic rings. The van der Waals surface area contributed by atoms with Gasteiger partial charge >= 0.3 is 0 Å². The number of rotatable bonds is 5. The van der Waals surface area contributed by atoms with Crippen molar-refractivity contribution in [1.29, 1.82) is 0 Å². The summed E-state index contributed by atoms with van der Waals surface area (Å²) in [6.07, 6.45) is 0. The highest BCUT2D eigenvalue weighted by Crippen LogP contribution is 2.17. The minimum Gasteiger partial charge on any atom is -0.355 e. The first kappa shape index (κ1) is 14.2. The fraction of sp³-hybridized carbons (Fsp3) is 0.455. The molecule has 0 aliphatic carbocycles. The Bertz CT molecular complexity index is 398. The molecule has 17 heavy (non-hydrogen) atoms. The maximum atomic E-state index is 11.4. The van der Waals surface area contributed by atoms with Crippen LogP contribution in [0.2, 0.25) is 10.2 Å². The lowest BCUT2D eigenvalue weighted by molar-refractivity contribution is -0.121. The molecule has 0 saturated carbocycles. The van der Waals surface area contributed by atoms with E-state index in [1.165, 1.54) is 0 Å². The zero-order chi connectivity index (χ0) is 12.8. The minimum absolute atomic E-state index is 0.0202. The molecule has 1 heterocycles. The summed E-state index contributed by atoms with van der Waals surface area (Å²) < 4.78 is 0. The molecule has 4 nitrogen and oxygen atoms in total. The molecule has 1 rings (SSSR count). The van der Waals surface area contributed by atoms with Gasteiger partial charge in [-0.15, -0.1) is 0 Å². The van der Waals surface area contributed by atoms with Crippen LogP contribution in [0.25, 0.3) is 0 Å². The first-order valence-electron chi connectivity index (χ1n) is 5.29. The van der Waals surface area contributed by atoms with E-state index in [0.29, 0.717) is 35.5 Å². The van der Waals surface area contributed by atoms with Crippen molar-refractivity contribution in [3.05, 3.63) is 28.0 Å². The number of carbonyl (C=O) groups excluding carboxylic acids is 1. The van der Waals surface area contributed by atoms with Gasteiger partial charge < -0.3 is 5.32 Å². The van der Waals surface area contributed by atoms with E-state index in [9.17, 15) is 4.79 Å². The van der Waals surface area contributed by atoms with Gasteiger partial charge in [-0.25, -0.2) is 4.98 Å². The standard InChI is InChI=1S/C11H15Cl2N3O/c1-3-14-11(17)7-16(2)6-9-8(12)4-5-10(13)15-9/h4-5H,3,6-7H2,1-2H3,(H,14,17). The summed E-state index contributed by atoms with van der Waals surface area (Å²) in [6.45, 7) is 3.30. The number of hydrogen-bond donors (Lipinski definition) is 1. The van der Waals surface area contributed by atoms with Gasteiger partial charge in [0.15, 0.2) is 0 Å². The van der Waals surface area contributed by atoms with E-state index in [0.717, 1.165) is 0 Å². The summed E-state index contributed by atoms with van der Waals surface area (Å²) in [5, 5.41) is 3.68. The lowest BCUT2D eigenvalue weighted by Gasteiger charge is -2.16. The zero-order valence-electron chi connectivity index (χ0n) is 9.83. The van der Waals surface area contributed by atoms with Crippen molar-refractivity contribution in [2.45, 2.75) is 13.5 Å². The Morgan fingerprint density at radius 2 is 2.18 bits per heavy atom. The quantitative estimate of drug-likeness (QED) is 0.836. The smallest absolute Gasteiger partial charge is 0.234 e. The SMILES string of the molecule is CCNC(=O)CN(C)Cc1nc(Cl)ccc1Cl. The molecule has 0 unspecified atom stereocenters. The van der Waals surface area contributed by atoms with Gasteiger partial charge in [0.1, 0.15) is 5.15 Å². The molecule has 0 radical (unpaired) electrons. The number of hydrogen-bond acceptors (Lipinski definition) is 3. The average molecular weight is 276 g/mol. The third kappa shape index (κ3) is 4.89. The van der Waals surface area contributed by atoms with Crippen molar-refractivity contribution in [2.24, 2.45) is 0 Å². The molecule has 6 heteroatoms. The molecule has 0 bridgehead atoms. The van der Waals surface area contributed by atoms with Crippen LogP contribution < -0.4 is 5.32 Å². The van der Waals surface area contributed by atoms with E-state index in [2.05, 4.69) is 10.3 Å². The predicted molar refractivity (Wildman–Crippen MR) is 69.3 cm³/mol.